The third-order valence-corrected chi connectivity index (χ3v) is 2.28. The molecule has 0 heterocycles. The molecule has 92 valence electrons. The summed E-state index contributed by atoms with van der Waals surface area (Å²) in [5.74, 6) is 0. The Balaban J connectivity index is 0. The van der Waals surface area contributed by atoms with Crippen molar-refractivity contribution >= 4 is 31.3 Å². The Hall–Kier alpha value is 0.579. The van der Waals surface area contributed by atoms with Gasteiger partial charge in [0.05, 0.1) is 0 Å². The molecule has 15 heavy (non-hydrogen) atoms. The van der Waals surface area contributed by atoms with E-state index in [1.165, 1.54) is 0 Å². The summed E-state index contributed by atoms with van der Waals surface area (Å²) in [5.41, 5.74) is 0. The first-order valence-electron chi connectivity index (χ1n) is 4.10. The molecule has 0 aliphatic carbocycles. The molecule has 0 bridgehead atoms. The van der Waals surface area contributed by atoms with E-state index in [4.69, 9.17) is 5.14 Å². The van der Waals surface area contributed by atoms with Crippen molar-refractivity contribution in [3.8, 4) is 0 Å². The van der Waals surface area contributed by atoms with E-state index in [1.54, 1.807) is 41.1 Å². The molecule has 5 heteroatoms. The first kappa shape index (κ1) is 18.0. The Morgan fingerprint density at radius 2 is 1.53 bits per heavy atom. The van der Waals surface area contributed by atoms with Gasteiger partial charge in [-0.05, 0) is 0 Å². The van der Waals surface area contributed by atoms with Crippen LogP contribution in [0.1, 0.15) is 20.8 Å². The predicted octanol–water partition coefficient (Wildman–Crippen LogP) is 3.87. The zero-order valence-corrected chi connectivity index (χ0v) is 12.8. The first-order chi connectivity index (χ1) is 6.94. The van der Waals surface area contributed by atoms with Crippen molar-refractivity contribution in [1.29, 1.82) is 0 Å². The van der Waals surface area contributed by atoms with Crippen LogP contribution < -0.4 is 0 Å². The van der Waals surface area contributed by atoms with E-state index in [9.17, 15) is 4.21 Å². The van der Waals surface area contributed by atoms with Gasteiger partial charge in [-0.2, -0.15) is 36.4 Å². The average molecular weight is 388 g/mol. The fraction of sp³-hybridized carbons (Fsp3) is 0.400. The number of hydrogen-bond acceptors (Lipinski definition) is 1. The average Bonchev–Trinajstić information content (AvgIpc) is 2.23. The van der Waals surface area contributed by atoms with Gasteiger partial charge in [0.2, 0.25) is 0 Å². The smallest absolute Gasteiger partial charge is 0.171 e. The SMILES string of the molecule is CC(C)(C)S([NH-])=O.[Cu][I].[c-]1ccccc1. The van der Waals surface area contributed by atoms with Crippen LogP contribution in [0.15, 0.2) is 30.3 Å². The number of benzene rings is 1. The van der Waals surface area contributed by atoms with Gasteiger partial charge in [-0.3, -0.25) is 4.21 Å². The maximum Gasteiger partial charge on any atom is -0.171 e. The van der Waals surface area contributed by atoms with Crippen LogP contribution >= 0.6 is 20.3 Å². The second-order valence-electron chi connectivity index (χ2n) is 3.46. The van der Waals surface area contributed by atoms with Gasteiger partial charge in [0.15, 0.2) is 0 Å². The summed E-state index contributed by atoms with van der Waals surface area (Å²) in [6, 6.07) is 12.5. The Kier molecular flexibility index (Phi) is 13.3. The number of nitrogens with one attached hydrogen (secondary N) is 1. The quantitative estimate of drug-likeness (QED) is 0.378. The fourth-order valence-corrected chi connectivity index (χ4v) is 0.342. The molecule has 0 saturated heterocycles. The van der Waals surface area contributed by atoms with Crippen LogP contribution in [0.25, 0.3) is 5.14 Å². The molecule has 0 aromatic heterocycles. The Bertz CT molecular complexity index is 225. The monoisotopic (exact) mass is 387 g/mol. The maximum atomic E-state index is 10.2. The van der Waals surface area contributed by atoms with E-state index in [1.807, 2.05) is 30.3 Å². The first-order valence-corrected chi connectivity index (χ1v) is 8.29. The maximum absolute atomic E-state index is 10.2. The predicted molar refractivity (Wildman–Crippen MR) is 71.5 cm³/mol. The van der Waals surface area contributed by atoms with E-state index in [2.05, 4.69) is 18.8 Å². The minimum atomic E-state index is -1.43. The molecule has 0 spiro atoms. The van der Waals surface area contributed by atoms with Crippen LogP contribution in [-0.4, -0.2) is 8.96 Å². The molecule has 1 unspecified atom stereocenters. The van der Waals surface area contributed by atoms with Gasteiger partial charge in [-0.15, -0.1) is 0 Å². The summed E-state index contributed by atoms with van der Waals surface area (Å²) >= 11 is 5.87. The second kappa shape index (κ2) is 11.1. The van der Waals surface area contributed by atoms with Crippen molar-refractivity contribution in [1.82, 2.24) is 0 Å². The molecule has 1 aromatic rings. The van der Waals surface area contributed by atoms with E-state index < -0.39 is 11.0 Å². The summed E-state index contributed by atoms with van der Waals surface area (Å²) < 4.78 is 9.88. The van der Waals surface area contributed by atoms with E-state index >= 15 is 0 Å². The largest absolute Gasteiger partial charge is 0.184 e. The zero-order chi connectivity index (χ0) is 12.3. The number of halogens is 1. The minimum absolute atomic E-state index is 0.361. The summed E-state index contributed by atoms with van der Waals surface area (Å²) in [5, 5.41) is 6.70. The number of rotatable bonds is 0. The Morgan fingerprint density at radius 3 is 1.60 bits per heavy atom. The van der Waals surface area contributed by atoms with Crippen molar-refractivity contribution in [2.24, 2.45) is 0 Å². The van der Waals surface area contributed by atoms with Crippen LogP contribution in [0.4, 0.5) is 0 Å². The number of hydrogen-bond donors (Lipinski definition) is 0. The van der Waals surface area contributed by atoms with Gasteiger partial charge in [-0.25, -0.2) is 0 Å². The van der Waals surface area contributed by atoms with E-state index in [0.717, 1.165) is 0 Å². The van der Waals surface area contributed by atoms with Gasteiger partial charge in [0.1, 0.15) is 0 Å². The van der Waals surface area contributed by atoms with Gasteiger partial charge in [-0.1, -0.05) is 31.8 Å². The van der Waals surface area contributed by atoms with Crippen molar-refractivity contribution in [2.75, 3.05) is 0 Å². The molecule has 1 rings (SSSR count). The Morgan fingerprint density at radius 1 is 1.20 bits per heavy atom. The molecule has 1 N–H and O–H groups in total. The van der Waals surface area contributed by atoms with Crippen LogP contribution in [0.3, 0.4) is 0 Å². The molecule has 0 aliphatic rings. The zero-order valence-electron chi connectivity index (χ0n) is 8.88. The summed E-state index contributed by atoms with van der Waals surface area (Å²) in [7, 11) is -1.43. The second-order valence-corrected chi connectivity index (χ2v) is 5.22. The van der Waals surface area contributed by atoms with Crippen molar-refractivity contribution in [2.45, 2.75) is 25.5 Å². The fourth-order valence-electron chi connectivity index (χ4n) is 0.342. The van der Waals surface area contributed by atoms with E-state index in [-0.39, 0.29) is 4.75 Å². The molecular formula is C10H15CuINOS-2. The molecule has 0 fully saturated rings. The molecular weight excluding hydrogens is 373 g/mol. The van der Waals surface area contributed by atoms with E-state index in [0.29, 0.717) is 0 Å². The molecule has 0 amide bonds. The molecule has 2 nitrogen and oxygen atoms in total. The summed E-state index contributed by atoms with van der Waals surface area (Å²) in [6.07, 6.45) is 0. The Labute approximate surface area is 115 Å². The van der Waals surface area contributed by atoms with Crippen LogP contribution in [-0.2, 0) is 23.7 Å². The normalized spacial score (nSPS) is 11.4. The van der Waals surface area contributed by atoms with Gasteiger partial charge in [0, 0.05) is 4.75 Å². The van der Waals surface area contributed by atoms with Crippen molar-refractivity contribution < 1.29 is 17.0 Å². The van der Waals surface area contributed by atoms with Crippen LogP contribution in [0, 0.1) is 6.07 Å². The standard InChI is InChI=1S/C6H5.C4H10NOS.Cu.HI/c1-2-4-6-5-3-1;1-4(2,3)7(5)6;;/h1-5H;5H,1-3H3;;1H/q2*-1;+1;/p-1. The molecule has 0 aliphatic heterocycles. The third-order valence-electron chi connectivity index (χ3n) is 1.16. The van der Waals surface area contributed by atoms with Crippen LogP contribution in [0.5, 0.6) is 0 Å². The molecule has 0 saturated carbocycles. The van der Waals surface area contributed by atoms with Gasteiger partial charge >= 0.3 is 33.1 Å². The van der Waals surface area contributed by atoms with Crippen LogP contribution in [0.2, 0.25) is 0 Å². The topological polar surface area (TPSA) is 40.9 Å². The summed E-state index contributed by atoms with van der Waals surface area (Å²) in [4.78, 5) is 0. The summed E-state index contributed by atoms with van der Waals surface area (Å²) in [6.45, 7) is 5.32. The van der Waals surface area contributed by atoms with Crippen molar-refractivity contribution in [3.05, 3.63) is 41.5 Å². The molecule has 1 aromatic carbocycles. The minimum Gasteiger partial charge on any atom is -0.184 e. The molecule has 0 radical (unpaired) electrons. The third kappa shape index (κ3) is 14.6. The molecule has 1 atom stereocenters. The van der Waals surface area contributed by atoms with Gasteiger partial charge in [0.25, 0.3) is 0 Å². The van der Waals surface area contributed by atoms with Gasteiger partial charge < -0.3 is 5.14 Å². The van der Waals surface area contributed by atoms with Crippen molar-refractivity contribution in [3.63, 3.8) is 0 Å².